The Hall–Kier alpha value is -2.23. The molecule has 92 valence electrons. The fraction of sp³-hybridized carbons (Fsp3) is 0.0714. The molecule has 0 aromatic heterocycles. The van der Waals surface area contributed by atoms with Crippen LogP contribution in [-0.2, 0) is 0 Å². The van der Waals surface area contributed by atoms with E-state index in [2.05, 4.69) is 4.74 Å². The maximum atomic E-state index is 12.3. The Morgan fingerprint density at radius 2 is 1.78 bits per heavy atom. The average Bonchev–Trinajstić information content (AvgIpc) is 2.39. The van der Waals surface area contributed by atoms with Crippen LogP contribution in [0.25, 0.3) is 11.1 Å². The molecular formula is C14H10F2O2. The molecule has 4 heteroatoms. The van der Waals surface area contributed by atoms with E-state index in [0.717, 1.165) is 5.56 Å². The van der Waals surface area contributed by atoms with Gasteiger partial charge in [-0.05, 0) is 23.8 Å². The van der Waals surface area contributed by atoms with Crippen LogP contribution in [0, 0.1) is 0 Å². The van der Waals surface area contributed by atoms with E-state index >= 15 is 0 Å². The Balaban J connectivity index is 2.51. The highest BCUT2D eigenvalue weighted by Crippen LogP contribution is 2.31. The van der Waals surface area contributed by atoms with Crippen LogP contribution in [0.2, 0.25) is 0 Å². The molecule has 18 heavy (non-hydrogen) atoms. The normalized spacial score (nSPS) is 10.4. The highest BCUT2D eigenvalue weighted by Gasteiger charge is 2.11. The van der Waals surface area contributed by atoms with E-state index < -0.39 is 6.61 Å². The van der Waals surface area contributed by atoms with Crippen LogP contribution >= 0.6 is 0 Å². The highest BCUT2D eigenvalue weighted by molar-refractivity contribution is 5.81. The lowest BCUT2D eigenvalue weighted by molar-refractivity contribution is -0.0494. The Bertz CT molecular complexity index is 539. The van der Waals surface area contributed by atoms with Gasteiger partial charge in [-0.2, -0.15) is 8.78 Å². The number of hydrogen-bond donors (Lipinski definition) is 0. The van der Waals surface area contributed by atoms with Gasteiger partial charge < -0.3 is 4.74 Å². The van der Waals surface area contributed by atoms with Crippen molar-refractivity contribution in [3.8, 4) is 16.9 Å². The summed E-state index contributed by atoms with van der Waals surface area (Å²) in [6, 6.07) is 13.3. The second-order valence-electron chi connectivity index (χ2n) is 3.62. The predicted octanol–water partition coefficient (Wildman–Crippen LogP) is 3.77. The highest BCUT2D eigenvalue weighted by atomic mass is 19.3. The second kappa shape index (κ2) is 5.40. The maximum Gasteiger partial charge on any atom is 0.387 e. The Kier molecular flexibility index (Phi) is 3.67. The summed E-state index contributed by atoms with van der Waals surface area (Å²) in [5.74, 6) is 0.0572. The summed E-state index contributed by atoms with van der Waals surface area (Å²) in [6.45, 7) is -2.89. The first-order chi connectivity index (χ1) is 8.70. The molecule has 0 saturated heterocycles. The van der Waals surface area contributed by atoms with Crippen molar-refractivity contribution in [2.45, 2.75) is 6.61 Å². The third-order valence-electron chi connectivity index (χ3n) is 2.44. The number of carbonyl (C=O) groups is 1. The summed E-state index contributed by atoms with van der Waals surface area (Å²) in [4.78, 5) is 10.7. The van der Waals surface area contributed by atoms with Gasteiger partial charge in [-0.1, -0.05) is 30.3 Å². The van der Waals surface area contributed by atoms with Crippen molar-refractivity contribution in [3.63, 3.8) is 0 Å². The SMILES string of the molecule is O=Cc1ccc(OC(F)F)c(-c2ccccc2)c1. The van der Waals surface area contributed by atoms with Gasteiger partial charge in [-0.25, -0.2) is 0 Å². The first kappa shape index (κ1) is 12.2. The molecule has 0 unspecified atom stereocenters. The lowest BCUT2D eigenvalue weighted by atomic mass is 10.0. The van der Waals surface area contributed by atoms with Crippen LogP contribution in [0.15, 0.2) is 48.5 Å². The summed E-state index contributed by atoms with van der Waals surface area (Å²) < 4.78 is 29.1. The molecule has 0 N–H and O–H groups in total. The molecule has 0 radical (unpaired) electrons. The molecule has 0 spiro atoms. The molecule has 0 amide bonds. The van der Waals surface area contributed by atoms with Gasteiger partial charge in [0.2, 0.25) is 0 Å². The fourth-order valence-electron chi connectivity index (χ4n) is 1.66. The van der Waals surface area contributed by atoms with Crippen LogP contribution in [0.5, 0.6) is 5.75 Å². The first-order valence-electron chi connectivity index (χ1n) is 5.30. The summed E-state index contributed by atoms with van der Waals surface area (Å²) in [5.41, 5.74) is 1.60. The number of ether oxygens (including phenoxy) is 1. The lowest BCUT2D eigenvalue weighted by Crippen LogP contribution is -2.03. The number of halogens is 2. The molecule has 2 aromatic rings. The van der Waals surface area contributed by atoms with Crippen molar-refractivity contribution in [2.24, 2.45) is 0 Å². The smallest absolute Gasteiger partial charge is 0.387 e. The number of hydrogen-bond acceptors (Lipinski definition) is 2. The molecule has 0 atom stereocenters. The summed E-state index contributed by atoms with van der Waals surface area (Å²) in [7, 11) is 0. The first-order valence-corrected chi connectivity index (χ1v) is 5.30. The number of carbonyl (C=O) groups excluding carboxylic acids is 1. The van der Waals surface area contributed by atoms with Gasteiger partial charge in [-0.3, -0.25) is 4.79 Å². The third-order valence-corrected chi connectivity index (χ3v) is 2.44. The lowest BCUT2D eigenvalue weighted by Gasteiger charge is -2.11. The standard InChI is InChI=1S/C14H10F2O2/c15-14(16)18-13-7-6-10(9-17)8-12(13)11-4-2-1-3-5-11/h1-9,14H. The largest absolute Gasteiger partial charge is 0.434 e. The average molecular weight is 248 g/mol. The van der Waals surface area contributed by atoms with Gasteiger partial charge in [0.05, 0.1) is 0 Å². The Morgan fingerprint density at radius 1 is 1.06 bits per heavy atom. The van der Waals surface area contributed by atoms with E-state index in [1.807, 2.05) is 6.07 Å². The van der Waals surface area contributed by atoms with Crippen LogP contribution in [0.1, 0.15) is 10.4 Å². The monoisotopic (exact) mass is 248 g/mol. The van der Waals surface area contributed by atoms with E-state index in [4.69, 9.17) is 0 Å². The molecule has 0 saturated carbocycles. The molecule has 0 heterocycles. The van der Waals surface area contributed by atoms with Crippen LogP contribution in [0.3, 0.4) is 0 Å². The minimum absolute atomic E-state index is 0.0572. The summed E-state index contributed by atoms with van der Waals surface area (Å²) >= 11 is 0. The van der Waals surface area contributed by atoms with Crippen molar-refractivity contribution in [3.05, 3.63) is 54.1 Å². The quantitative estimate of drug-likeness (QED) is 0.770. The van der Waals surface area contributed by atoms with E-state index in [9.17, 15) is 13.6 Å². The van der Waals surface area contributed by atoms with Crippen LogP contribution in [-0.4, -0.2) is 12.9 Å². The Morgan fingerprint density at radius 3 is 2.39 bits per heavy atom. The van der Waals surface area contributed by atoms with E-state index in [1.54, 1.807) is 24.3 Å². The molecule has 0 fully saturated rings. The van der Waals surface area contributed by atoms with Crippen molar-refractivity contribution < 1.29 is 18.3 Å². The molecule has 0 aliphatic carbocycles. The molecule has 2 rings (SSSR count). The number of aldehydes is 1. The summed E-state index contributed by atoms with van der Waals surface area (Å²) in [5, 5.41) is 0. The molecule has 0 bridgehead atoms. The van der Waals surface area contributed by atoms with Crippen molar-refractivity contribution in [2.75, 3.05) is 0 Å². The topological polar surface area (TPSA) is 26.3 Å². The third kappa shape index (κ3) is 2.71. The van der Waals surface area contributed by atoms with Crippen molar-refractivity contribution >= 4 is 6.29 Å². The molecular weight excluding hydrogens is 238 g/mol. The fourth-order valence-corrected chi connectivity index (χ4v) is 1.66. The predicted molar refractivity (Wildman–Crippen MR) is 63.9 cm³/mol. The van der Waals surface area contributed by atoms with Crippen LogP contribution in [0.4, 0.5) is 8.78 Å². The van der Waals surface area contributed by atoms with Crippen molar-refractivity contribution in [1.82, 2.24) is 0 Å². The number of rotatable bonds is 4. The zero-order valence-corrected chi connectivity index (χ0v) is 9.35. The molecule has 0 aliphatic rings. The van der Waals surface area contributed by atoms with Gasteiger partial charge >= 0.3 is 6.61 Å². The zero-order valence-electron chi connectivity index (χ0n) is 9.35. The van der Waals surface area contributed by atoms with Gasteiger partial charge in [0.1, 0.15) is 12.0 Å². The van der Waals surface area contributed by atoms with Gasteiger partial charge in [0.25, 0.3) is 0 Å². The van der Waals surface area contributed by atoms with Gasteiger partial charge in [-0.15, -0.1) is 0 Å². The van der Waals surface area contributed by atoms with Gasteiger partial charge in [0.15, 0.2) is 0 Å². The zero-order chi connectivity index (χ0) is 13.0. The second-order valence-corrected chi connectivity index (χ2v) is 3.62. The molecule has 2 nitrogen and oxygen atoms in total. The molecule has 2 aromatic carbocycles. The van der Waals surface area contributed by atoms with Crippen molar-refractivity contribution in [1.29, 1.82) is 0 Å². The minimum atomic E-state index is -2.89. The number of benzene rings is 2. The maximum absolute atomic E-state index is 12.3. The summed E-state index contributed by atoms with van der Waals surface area (Å²) in [6.07, 6.45) is 0.665. The Labute approximate surface area is 103 Å². The van der Waals surface area contributed by atoms with E-state index in [0.29, 0.717) is 17.4 Å². The molecule has 0 aliphatic heterocycles. The van der Waals surface area contributed by atoms with Crippen LogP contribution < -0.4 is 4.74 Å². The van der Waals surface area contributed by atoms with Gasteiger partial charge in [0, 0.05) is 11.1 Å². The van der Waals surface area contributed by atoms with E-state index in [1.165, 1.54) is 18.2 Å². The number of alkyl halides is 2. The minimum Gasteiger partial charge on any atom is -0.434 e. The van der Waals surface area contributed by atoms with E-state index in [-0.39, 0.29) is 5.75 Å².